The maximum Gasteiger partial charge on any atom is 0.340 e. The molecule has 3 aliphatic carbocycles. The number of para-hydroxylation sites is 1. The van der Waals surface area contributed by atoms with Gasteiger partial charge >= 0.3 is 5.97 Å². The molecule has 0 aliphatic heterocycles. The third-order valence-electron chi connectivity index (χ3n) is 9.19. The number of benzene rings is 1. The lowest BCUT2D eigenvalue weighted by molar-refractivity contribution is -0.135. The maximum absolute atomic E-state index is 13.8. The summed E-state index contributed by atoms with van der Waals surface area (Å²) < 4.78 is 5.21. The van der Waals surface area contributed by atoms with Crippen molar-refractivity contribution < 1.29 is 14.3 Å². The number of hydrogen-bond acceptors (Lipinski definition) is 3. The summed E-state index contributed by atoms with van der Waals surface area (Å²) in [7, 11) is 0. The number of anilines is 1. The van der Waals surface area contributed by atoms with Crippen LogP contribution in [0.3, 0.4) is 0 Å². The number of fused-ring (bicyclic) bond motifs is 2. The van der Waals surface area contributed by atoms with Crippen molar-refractivity contribution >= 4 is 17.6 Å². The fourth-order valence-electron chi connectivity index (χ4n) is 7.27. The number of allylic oxidation sites excluding steroid dienone is 2. The topological polar surface area (TPSA) is 55.4 Å². The summed E-state index contributed by atoms with van der Waals surface area (Å²) in [6.45, 7) is 11.4. The van der Waals surface area contributed by atoms with Crippen LogP contribution in [0.15, 0.2) is 35.4 Å². The molecule has 1 amide bonds. The SMILES string of the molecule is CCOC(=O)c1ccccc1NC(=O)[C@]1(C)CCCC2(C)C3=C(CCC21)CC(C(C)C)CC3. The van der Waals surface area contributed by atoms with Crippen molar-refractivity contribution in [1.82, 2.24) is 0 Å². The average Bonchev–Trinajstić information content (AvgIpc) is 2.79. The summed E-state index contributed by atoms with van der Waals surface area (Å²) in [4.78, 5) is 26.3. The first-order valence-corrected chi connectivity index (χ1v) is 13.0. The van der Waals surface area contributed by atoms with E-state index in [2.05, 4.69) is 33.0 Å². The second-order valence-corrected chi connectivity index (χ2v) is 11.3. The largest absolute Gasteiger partial charge is 0.462 e. The molecule has 4 heteroatoms. The van der Waals surface area contributed by atoms with E-state index in [0.717, 1.165) is 37.5 Å². The van der Waals surface area contributed by atoms with Crippen molar-refractivity contribution in [3.63, 3.8) is 0 Å². The zero-order valence-corrected chi connectivity index (χ0v) is 21.1. The van der Waals surface area contributed by atoms with E-state index in [1.54, 1.807) is 24.1 Å². The molecule has 0 saturated heterocycles. The standard InChI is InChI=1S/C29H41NO3/c1-6-33-26(31)22-10-7-8-11-24(22)30-27(32)29(5)17-9-16-28(4)23-14-12-20(19(2)3)18-21(23)13-15-25(28)29/h7-8,10-11,19-20,25H,6,9,12-18H2,1-5H3,(H,30,32)/t20?,25?,28?,29-/m1/s1. The molecule has 3 aliphatic rings. The van der Waals surface area contributed by atoms with E-state index in [4.69, 9.17) is 4.74 Å². The van der Waals surface area contributed by atoms with Crippen LogP contribution < -0.4 is 5.32 Å². The fourth-order valence-corrected chi connectivity index (χ4v) is 7.27. The highest BCUT2D eigenvalue weighted by molar-refractivity contribution is 6.03. The van der Waals surface area contributed by atoms with Crippen LogP contribution in [-0.4, -0.2) is 18.5 Å². The number of carbonyl (C=O) groups is 2. The Kier molecular flexibility index (Phi) is 6.75. The van der Waals surface area contributed by atoms with Crippen LogP contribution >= 0.6 is 0 Å². The van der Waals surface area contributed by atoms with Gasteiger partial charge in [0.15, 0.2) is 0 Å². The van der Waals surface area contributed by atoms with Crippen LogP contribution in [0.4, 0.5) is 5.69 Å². The summed E-state index contributed by atoms with van der Waals surface area (Å²) in [6.07, 6.45) is 9.13. The van der Waals surface area contributed by atoms with E-state index in [1.807, 2.05) is 18.2 Å². The first-order chi connectivity index (χ1) is 15.7. The fraction of sp³-hybridized carbons (Fsp3) is 0.655. The number of ether oxygens (including phenoxy) is 1. The molecule has 3 unspecified atom stereocenters. The molecular weight excluding hydrogens is 410 g/mol. The van der Waals surface area contributed by atoms with Gasteiger partial charge in [-0.1, -0.05) is 57.4 Å². The minimum Gasteiger partial charge on any atom is -0.462 e. The molecule has 180 valence electrons. The Morgan fingerprint density at radius 2 is 1.88 bits per heavy atom. The Morgan fingerprint density at radius 3 is 2.61 bits per heavy atom. The number of esters is 1. The molecule has 33 heavy (non-hydrogen) atoms. The van der Waals surface area contributed by atoms with Gasteiger partial charge in [-0.3, -0.25) is 4.79 Å². The number of amides is 1. The smallest absolute Gasteiger partial charge is 0.340 e. The number of nitrogens with one attached hydrogen (secondary N) is 1. The molecule has 1 aromatic rings. The Hall–Kier alpha value is -2.10. The zero-order chi connectivity index (χ0) is 23.8. The number of rotatable bonds is 5. The van der Waals surface area contributed by atoms with Gasteiger partial charge in [-0.25, -0.2) is 4.79 Å². The molecule has 1 fully saturated rings. The predicted molar refractivity (Wildman–Crippen MR) is 133 cm³/mol. The molecule has 4 rings (SSSR count). The molecule has 1 N–H and O–H groups in total. The van der Waals surface area contributed by atoms with Crippen LogP contribution in [-0.2, 0) is 9.53 Å². The molecule has 0 aromatic heterocycles. The molecule has 4 nitrogen and oxygen atoms in total. The normalized spacial score (nSPS) is 31.6. The summed E-state index contributed by atoms with van der Waals surface area (Å²) >= 11 is 0. The number of hydrogen-bond donors (Lipinski definition) is 1. The first-order valence-electron chi connectivity index (χ1n) is 13.0. The Bertz CT molecular complexity index is 948. The summed E-state index contributed by atoms with van der Waals surface area (Å²) in [5, 5.41) is 3.15. The summed E-state index contributed by atoms with van der Waals surface area (Å²) in [5.41, 5.74) is 4.04. The van der Waals surface area contributed by atoms with Gasteiger partial charge in [0.1, 0.15) is 0 Å². The van der Waals surface area contributed by atoms with Gasteiger partial charge < -0.3 is 10.1 Å². The van der Waals surface area contributed by atoms with Gasteiger partial charge in [-0.2, -0.15) is 0 Å². The minimum absolute atomic E-state index is 0.0510. The molecule has 0 spiro atoms. The van der Waals surface area contributed by atoms with E-state index in [-0.39, 0.29) is 17.3 Å². The third kappa shape index (κ3) is 4.26. The first kappa shape index (κ1) is 24.0. The third-order valence-corrected chi connectivity index (χ3v) is 9.19. The van der Waals surface area contributed by atoms with Crippen LogP contribution in [0.25, 0.3) is 0 Å². The van der Waals surface area contributed by atoms with Gasteiger partial charge in [-0.15, -0.1) is 0 Å². The molecule has 0 heterocycles. The maximum atomic E-state index is 13.8. The van der Waals surface area contributed by atoms with Crippen molar-refractivity contribution in [3.05, 3.63) is 41.0 Å². The molecule has 4 atom stereocenters. The van der Waals surface area contributed by atoms with Crippen LogP contribution in [0.2, 0.25) is 0 Å². The van der Waals surface area contributed by atoms with Crippen molar-refractivity contribution in [3.8, 4) is 0 Å². The number of carbonyl (C=O) groups excluding carboxylic acids is 2. The Balaban J connectivity index is 1.60. The monoisotopic (exact) mass is 451 g/mol. The molecule has 0 bridgehead atoms. The van der Waals surface area contributed by atoms with Crippen LogP contribution in [0, 0.1) is 28.6 Å². The molecule has 1 saturated carbocycles. The Morgan fingerprint density at radius 1 is 1.12 bits per heavy atom. The molecular formula is C29H41NO3. The average molecular weight is 452 g/mol. The highest BCUT2D eigenvalue weighted by Gasteiger charge is 2.56. The van der Waals surface area contributed by atoms with Gasteiger partial charge in [0.05, 0.1) is 23.3 Å². The van der Waals surface area contributed by atoms with Gasteiger partial charge in [-0.05, 0) is 87.2 Å². The Labute approximate surface area is 199 Å². The zero-order valence-electron chi connectivity index (χ0n) is 21.1. The van der Waals surface area contributed by atoms with E-state index < -0.39 is 5.41 Å². The van der Waals surface area contributed by atoms with Gasteiger partial charge in [0, 0.05) is 0 Å². The second kappa shape index (κ2) is 9.27. The van der Waals surface area contributed by atoms with E-state index in [0.29, 0.717) is 23.8 Å². The lowest BCUT2D eigenvalue weighted by atomic mass is 9.48. The highest BCUT2D eigenvalue weighted by Crippen LogP contribution is 2.62. The van der Waals surface area contributed by atoms with E-state index in [1.165, 1.54) is 25.7 Å². The van der Waals surface area contributed by atoms with E-state index >= 15 is 0 Å². The van der Waals surface area contributed by atoms with Crippen LogP contribution in [0.5, 0.6) is 0 Å². The highest BCUT2D eigenvalue weighted by atomic mass is 16.5. The van der Waals surface area contributed by atoms with Gasteiger partial charge in [0.25, 0.3) is 0 Å². The summed E-state index contributed by atoms with van der Waals surface area (Å²) in [5.74, 6) is 1.55. The predicted octanol–water partition coefficient (Wildman–Crippen LogP) is 7.16. The molecule has 0 radical (unpaired) electrons. The quantitative estimate of drug-likeness (QED) is 0.382. The van der Waals surface area contributed by atoms with Crippen LogP contribution in [0.1, 0.15) is 96.3 Å². The van der Waals surface area contributed by atoms with Gasteiger partial charge in [0.2, 0.25) is 5.91 Å². The lowest BCUT2D eigenvalue weighted by Crippen LogP contribution is -2.52. The van der Waals surface area contributed by atoms with Crippen molar-refractivity contribution in [1.29, 1.82) is 0 Å². The summed E-state index contributed by atoms with van der Waals surface area (Å²) in [6, 6.07) is 7.20. The van der Waals surface area contributed by atoms with Crippen molar-refractivity contribution in [2.75, 3.05) is 11.9 Å². The molecule has 1 aromatic carbocycles. The van der Waals surface area contributed by atoms with Crippen molar-refractivity contribution in [2.45, 2.75) is 86.0 Å². The second-order valence-electron chi connectivity index (χ2n) is 11.3. The van der Waals surface area contributed by atoms with E-state index in [9.17, 15) is 9.59 Å². The minimum atomic E-state index is -0.442. The lowest BCUT2D eigenvalue weighted by Gasteiger charge is -2.56. The van der Waals surface area contributed by atoms with Crippen molar-refractivity contribution in [2.24, 2.45) is 28.6 Å².